The number of aliphatic carboxylic acids is 1. The molecule has 1 saturated heterocycles. The van der Waals surface area contributed by atoms with Crippen LogP contribution in [0.1, 0.15) is 24.4 Å². The predicted octanol–water partition coefficient (Wildman–Crippen LogP) is 0.298. The molecule has 2 unspecified atom stereocenters. The first-order valence-electron chi connectivity index (χ1n) is 4.64. The molecule has 2 N–H and O–H groups in total. The highest BCUT2D eigenvalue weighted by Gasteiger charge is 2.29. The maximum atomic E-state index is 10.7. The van der Waals surface area contributed by atoms with Gasteiger partial charge in [0.1, 0.15) is 6.04 Å². The van der Waals surface area contributed by atoms with Crippen molar-refractivity contribution in [1.82, 2.24) is 15.1 Å². The molecule has 0 aromatic carbocycles. The standard InChI is InChI=1S/C9H13N3O2/c1-12-5-6(4-10-12)7-2-3-8(11-7)9(13)14/h4-5,7-8,11H,2-3H2,1H3,(H,13,14). The summed E-state index contributed by atoms with van der Waals surface area (Å²) in [5.74, 6) is -0.767. The summed E-state index contributed by atoms with van der Waals surface area (Å²) in [4.78, 5) is 10.7. The van der Waals surface area contributed by atoms with E-state index >= 15 is 0 Å². The molecule has 0 amide bonds. The average molecular weight is 195 g/mol. The molecule has 1 fully saturated rings. The van der Waals surface area contributed by atoms with Crippen molar-refractivity contribution in [1.29, 1.82) is 0 Å². The summed E-state index contributed by atoms with van der Waals surface area (Å²) in [6, 6.07) is -0.259. The van der Waals surface area contributed by atoms with Gasteiger partial charge in [-0.2, -0.15) is 5.10 Å². The number of nitrogens with one attached hydrogen (secondary N) is 1. The second-order valence-electron chi connectivity index (χ2n) is 3.63. The van der Waals surface area contributed by atoms with Crippen LogP contribution in [0.25, 0.3) is 0 Å². The van der Waals surface area contributed by atoms with Crippen LogP contribution in [0.15, 0.2) is 12.4 Å². The maximum Gasteiger partial charge on any atom is 0.320 e. The van der Waals surface area contributed by atoms with E-state index in [9.17, 15) is 4.79 Å². The molecule has 76 valence electrons. The first kappa shape index (κ1) is 9.21. The van der Waals surface area contributed by atoms with Gasteiger partial charge in [0.15, 0.2) is 0 Å². The van der Waals surface area contributed by atoms with Crippen molar-refractivity contribution in [3.05, 3.63) is 18.0 Å². The quantitative estimate of drug-likeness (QED) is 0.712. The van der Waals surface area contributed by atoms with Crippen LogP contribution in [0.3, 0.4) is 0 Å². The van der Waals surface area contributed by atoms with Crippen LogP contribution in [0.5, 0.6) is 0 Å². The molecule has 0 bridgehead atoms. The van der Waals surface area contributed by atoms with Crippen molar-refractivity contribution in [3.63, 3.8) is 0 Å². The van der Waals surface area contributed by atoms with Crippen molar-refractivity contribution in [2.75, 3.05) is 0 Å². The second-order valence-corrected chi connectivity index (χ2v) is 3.63. The lowest BCUT2D eigenvalue weighted by atomic mass is 10.1. The van der Waals surface area contributed by atoms with Crippen LogP contribution in [-0.4, -0.2) is 26.9 Å². The lowest BCUT2D eigenvalue weighted by Crippen LogP contribution is -2.31. The van der Waals surface area contributed by atoms with Crippen LogP contribution in [0.2, 0.25) is 0 Å². The number of carboxylic acid groups (broad SMARTS) is 1. The van der Waals surface area contributed by atoms with Gasteiger partial charge < -0.3 is 5.11 Å². The van der Waals surface area contributed by atoms with E-state index in [0.717, 1.165) is 12.0 Å². The lowest BCUT2D eigenvalue weighted by Gasteiger charge is -2.08. The van der Waals surface area contributed by atoms with Crippen LogP contribution < -0.4 is 5.32 Å². The topological polar surface area (TPSA) is 67.2 Å². The Kier molecular flexibility index (Phi) is 2.25. The molecule has 2 atom stereocenters. The number of carboxylic acids is 1. The Labute approximate surface area is 81.7 Å². The fourth-order valence-corrected chi connectivity index (χ4v) is 1.82. The van der Waals surface area contributed by atoms with Crippen LogP contribution in [-0.2, 0) is 11.8 Å². The van der Waals surface area contributed by atoms with Crippen molar-refractivity contribution in [2.24, 2.45) is 7.05 Å². The van der Waals surface area contributed by atoms with Gasteiger partial charge in [-0.1, -0.05) is 0 Å². The molecule has 0 radical (unpaired) electrons. The van der Waals surface area contributed by atoms with E-state index in [4.69, 9.17) is 5.11 Å². The van der Waals surface area contributed by atoms with Gasteiger partial charge >= 0.3 is 5.97 Å². The average Bonchev–Trinajstić information content (AvgIpc) is 2.70. The predicted molar refractivity (Wildman–Crippen MR) is 49.7 cm³/mol. The van der Waals surface area contributed by atoms with Gasteiger partial charge in [0.2, 0.25) is 0 Å². The Hall–Kier alpha value is -1.36. The van der Waals surface area contributed by atoms with E-state index in [1.165, 1.54) is 0 Å². The third kappa shape index (κ3) is 1.63. The Bertz CT molecular complexity index is 348. The van der Waals surface area contributed by atoms with E-state index in [0.29, 0.717) is 6.42 Å². The van der Waals surface area contributed by atoms with E-state index in [2.05, 4.69) is 10.4 Å². The minimum absolute atomic E-state index is 0.143. The normalized spacial score (nSPS) is 26.6. The van der Waals surface area contributed by atoms with Gasteiger partial charge in [0, 0.05) is 24.8 Å². The number of hydrogen-bond acceptors (Lipinski definition) is 3. The van der Waals surface area contributed by atoms with E-state index in [1.807, 2.05) is 13.2 Å². The molecule has 5 nitrogen and oxygen atoms in total. The molecule has 1 aliphatic rings. The van der Waals surface area contributed by atoms with E-state index in [1.54, 1.807) is 10.9 Å². The third-order valence-electron chi connectivity index (χ3n) is 2.57. The highest BCUT2D eigenvalue weighted by molar-refractivity contribution is 5.73. The van der Waals surface area contributed by atoms with Gasteiger partial charge in [0.25, 0.3) is 0 Å². The summed E-state index contributed by atoms with van der Waals surface area (Å²) in [5, 5.41) is 15.9. The zero-order chi connectivity index (χ0) is 10.1. The molecule has 2 heterocycles. The summed E-state index contributed by atoms with van der Waals surface area (Å²) in [6.07, 6.45) is 5.25. The lowest BCUT2D eigenvalue weighted by molar-refractivity contribution is -0.139. The molecule has 0 aliphatic carbocycles. The van der Waals surface area contributed by atoms with Gasteiger partial charge in [-0.05, 0) is 12.8 Å². The van der Waals surface area contributed by atoms with Crippen LogP contribution >= 0.6 is 0 Å². The maximum absolute atomic E-state index is 10.7. The van der Waals surface area contributed by atoms with Crippen LogP contribution in [0.4, 0.5) is 0 Å². The first-order chi connectivity index (χ1) is 6.66. The zero-order valence-corrected chi connectivity index (χ0v) is 7.97. The fourth-order valence-electron chi connectivity index (χ4n) is 1.82. The molecule has 1 aliphatic heterocycles. The number of aromatic nitrogens is 2. The number of aryl methyl sites for hydroxylation is 1. The molecule has 14 heavy (non-hydrogen) atoms. The van der Waals surface area contributed by atoms with E-state index < -0.39 is 12.0 Å². The molecule has 5 heteroatoms. The number of carbonyl (C=O) groups is 1. The van der Waals surface area contributed by atoms with Crippen molar-refractivity contribution < 1.29 is 9.90 Å². The van der Waals surface area contributed by atoms with Gasteiger partial charge in [-0.15, -0.1) is 0 Å². The number of nitrogens with zero attached hydrogens (tertiary/aromatic N) is 2. The molecule has 0 saturated carbocycles. The summed E-state index contributed by atoms with van der Waals surface area (Å²) >= 11 is 0. The summed E-state index contributed by atoms with van der Waals surface area (Å²) < 4.78 is 1.73. The smallest absolute Gasteiger partial charge is 0.320 e. The minimum atomic E-state index is -0.767. The summed E-state index contributed by atoms with van der Waals surface area (Å²) in [7, 11) is 1.85. The van der Waals surface area contributed by atoms with Gasteiger partial charge in [-0.3, -0.25) is 14.8 Å². The molecule has 1 aromatic rings. The highest BCUT2D eigenvalue weighted by Crippen LogP contribution is 2.25. The van der Waals surface area contributed by atoms with Crippen molar-refractivity contribution in [2.45, 2.75) is 24.9 Å². The molecular formula is C9H13N3O2. The fraction of sp³-hybridized carbons (Fsp3) is 0.556. The Morgan fingerprint density at radius 2 is 2.50 bits per heavy atom. The number of rotatable bonds is 2. The van der Waals surface area contributed by atoms with Crippen molar-refractivity contribution in [3.8, 4) is 0 Å². The Morgan fingerprint density at radius 1 is 1.71 bits per heavy atom. The van der Waals surface area contributed by atoms with Gasteiger partial charge in [0.05, 0.1) is 6.20 Å². The first-order valence-corrected chi connectivity index (χ1v) is 4.64. The molecule has 0 spiro atoms. The number of hydrogen-bond donors (Lipinski definition) is 2. The zero-order valence-electron chi connectivity index (χ0n) is 7.97. The largest absolute Gasteiger partial charge is 0.480 e. The highest BCUT2D eigenvalue weighted by atomic mass is 16.4. The van der Waals surface area contributed by atoms with Gasteiger partial charge in [-0.25, -0.2) is 0 Å². The SMILES string of the molecule is Cn1cc(C2CCC(C(=O)O)N2)cn1. The monoisotopic (exact) mass is 195 g/mol. The van der Waals surface area contributed by atoms with E-state index in [-0.39, 0.29) is 6.04 Å². The molecule has 1 aromatic heterocycles. The minimum Gasteiger partial charge on any atom is -0.480 e. The van der Waals surface area contributed by atoms with Crippen LogP contribution in [0, 0.1) is 0 Å². The third-order valence-corrected chi connectivity index (χ3v) is 2.57. The second kappa shape index (κ2) is 3.42. The Morgan fingerprint density at radius 3 is 3.00 bits per heavy atom. The molecule has 2 rings (SSSR count). The molecular weight excluding hydrogens is 182 g/mol. The summed E-state index contributed by atoms with van der Waals surface area (Å²) in [5.41, 5.74) is 1.07. The Balaban J connectivity index is 2.05. The summed E-state index contributed by atoms with van der Waals surface area (Å²) in [6.45, 7) is 0. The van der Waals surface area contributed by atoms with Crippen molar-refractivity contribution >= 4 is 5.97 Å².